The van der Waals surface area contributed by atoms with Crippen LogP contribution >= 0.6 is 0 Å². The molecular weight excluding hydrogens is 152 g/mol. The number of rotatable bonds is 1. The Kier molecular flexibility index (Phi) is 1.63. The Balaban J connectivity index is 2.45. The lowest BCUT2D eigenvalue weighted by atomic mass is 10.3. The van der Waals surface area contributed by atoms with Crippen LogP contribution in [-0.4, -0.2) is 9.97 Å². The first kappa shape index (κ1) is 7.03. The summed E-state index contributed by atoms with van der Waals surface area (Å²) in [6.45, 7) is 1.91. The summed E-state index contributed by atoms with van der Waals surface area (Å²) in [6.07, 6.45) is 4.95. The van der Waals surface area contributed by atoms with Gasteiger partial charge in [-0.05, 0) is 19.1 Å². The molecule has 2 rings (SSSR count). The molecule has 0 aliphatic heterocycles. The van der Waals surface area contributed by atoms with Crippen LogP contribution < -0.4 is 0 Å². The molecule has 0 amide bonds. The zero-order chi connectivity index (χ0) is 8.39. The summed E-state index contributed by atoms with van der Waals surface area (Å²) in [4.78, 5) is 7.80. The van der Waals surface area contributed by atoms with Gasteiger partial charge in [0.2, 0.25) is 0 Å². The first-order valence-electron chi connectivity index (χ1n) is 3.68. The van der Waals surface area contributed by atoms with Gasteiger partial charge in [0.1, 0.15) is 17.8 Å². The molecule has 0 radical (unpaired) electrons. The third-order valence-corrected chi connectivity index (χ3v) is 1.59. The molecule has 3 heteroatoms. The van der Waals surface area contributed by atoms with Gasteiger partial charge in [-0.3, -0.25) is 0 Å². The number of aryl methyl sites for hydroxylation is 1. The largest absolute Gasteiger partial charge is 0.461 e. The average Bonchev–Trinajstić information content (AvgIpc) is 2.54. The van der Waals surface area contributed by atoms with E-state index in [9.17, 15) is 0 Å². The van der Waals surface area contributed by atoms with E-state index in [-0.39, 0.29) is 0 Å². The number of furan rings is 1. The van der Waals surface area contributed by atoms with Gasteiger partial charge in [0, 0.05) is 12.4 Å². The first-order chi connectivity index (χ1) is 5.86. The van der Waals surface area contributed by atoms with E-state index in [1.54, 1.807) is 12.4 Å². The topological polar surface area (TPSA) is 38.9 Å². The fourth-order valence-electron chi connectivity index (χ4n) is 1.02. The minimum Gasteiger partial charge on any atom is -0.461 e. The lowest BCUT2D eigenvalue weighted by Crippen LogP contribution is -1.78. The van der Waals surface area contributed by atoms with Crippen LogP contribution in [0.2, 0.25) is 0 Å². The third-order valence-electron chi connectivity index (χ3n) is 1.59. The van der Waals surface area contributed by atoms with Crippen molar-refractivity contribution in [3.8, 4) is 11.3 Å². The van der Waals surface area contributed by atoms with Gasteiger partial charge in [-0.1, -0.05) is 0 Å². The van der Waals surface area contributed by atoms with Gasteiger partial charge >= 0.3 is 0 Å². The molecule has 0 N–H and O–H groups in total. The average molecular weight is 160 g/mol. The Morgan fingerprint density at radius 1 is 1.17 bits per heavy atom. The molecule has 12 heavy (non-hydrogen) atoms. The Morgan fingerprint density at radius 2 is 1.92 bits per heavy atom. The molecule has 0 atom stereocenters. The van der Waals surface area contributed by atoms with Crippen molar-refractivity contribution in [2.45, 2.75) is 6.92 Å². The monoisotopic (exact) mass is 160 g/mol. The molecule has 0 unspecified atom stereocenters. The van der Waals surface area contributed by atoms with E-state index >= 15 is 0 Å². The summed E-state index contributed by atoms with van der Waals surface area (Å²) in [7, 11) is 0. The molecule has 0 saturated carbocycles. The maximum absolute atomic E-state index is 5.39. The van der Waals surface area contributed by atoms with Crippen LogP contribution in [0.15, 0.2) is 35.3 Å². The Labute approximate surface area is 70.1 Å². The van der Waals surface area contributed by atoms with E-state index in [0.717, 1.165) is 17.1 Å². The Bertz CT molecular complexity index is 367. The van der Waals surface area contributed by atoms with Gasteiger partial charge in [0.05, 0.1) is 5.56 Å². The standard InChI is InChI=1S/C9H8N2O/c1-7-2-3-9(12-7)8-4-10-6-11-5-8/h2-6H,1H3. The Hall–Kier alpha value is -1.64. The molecule has 2 aromatic rings. The van der Waals surface area contributed by atoms with Crippen molar-refractivity contribution in [1.29, 1.82) is 0 Å². The van der Waals surface area contributed by atoms with E-state index in [4.69, 9.17) is 4.42 Å². The van der Waals surface area contributed by atoms with Gasteiger partial charge < -0.3 is 4.42 Å². The molecular formula is C9H8N2O. The number of aromatic nitrogens is 2. The second kappa shape index (κ2) is 2.77. The summed E-state index contributed by atoms with van der Waals surface area (Å²) in [6, 6.07) is 3.83. The minimum atomic E-state index is 0.813. The van der Waals surface area contributed by atoms with Gasteiger partial charge in [-0.25, -0.2) is 9.97 Å². The van der Waals surface area contributed by atoms with Crippen molar-refractivity contribution in [2.24, 2.45) is 0 Å². The molecule has 0 aliphatic rings. The summed E-state index contributed by atoms with van der Waals surface area (Å²) >= 11 is 0. The third kappa shape index (κ3) is 1.21. The summed E-state index contributed by atoms with van der Waals surface area (Å²) in [5.74, 6) is 1.71. The van der Waals surface area contributed by atoms with Crippen molar-refractivity contribution < 1.29 is 4.42 Å². The first-order valence-corrected chi connectivity index (χ1v) is 3.68. The van der Waals surface area contributed by atoms with E-state index in [2.05, 4.69) is 9.97 Å². The van der Waals surface area contributed by atoms with Crippen LogP contribution in [0.4, 0.5) is 0 Å². The van der Waals surface area contributed by atoms with Crippen molar-refractivity contribution in [3.63, 3.8) is 0 Å². The van der Waals surface area contributed by atoms with Gasteiger partial charge in [-0.15, -0.1) is 0 Å². The Morgan fingerprint density at radius 3 is 2.50 bits per heavy atom. The highest BCUT2D eigenvalue weighted by molar-refractivity contribution is 5.54. The van der Waals surface area contributed by atoms with Crippen LogP contribution in [0.25, 0.3) is 11.3 Å². The van der Waals surface area contributed by atoms with Crippen molar-refractivity contribution in [2.75, 3.05) is 0 Å². The second-order valence-electron chi connectivity index (χ2n) is 2.54. The highest BCUT2D eigenvalue weighted by Crippen LogP contribution is 2.19. The van der Waals surface area contributed by atoms with Gasteiger partial charge in [-0.2, -0.15) is 0 Å². The molecule has 0 fully saturated rings. The van der Waals surface area contributed by atoms with Crippen LogP contribution in [0, 0.1) is 6.92 Å². The molecule has 0 saturated heterocycles. The minimum absolute atomic E-state index is 0.813. The van der Waals surface area contributed by atoms with Crippen LogP contribution in [0.1, 0.15) is 5.76 Å². The lowest BCUT2D eigenvalue weighted by Gasteiger charge is -1.92. The predicted octanol–water partition coefficient (Wildman–Crippen LogP) is 2.05. The lowest BCUT2D eigenvalue weighted by molar-refractivity contribution is 0.548. The molecule has 0 bridgehead atoms. The molecule has 2 aromatic heterocycles. The zero-order valence-corrected chi connectivity index (χ0v) is 6.69. The van der Waals surface area contributed by atoms with Crippen molar-refractivity contribution in [3.05, 3.63) is 36.6 Å². The smallest absolute Gasteiger partial charge is 0.137 e. The molecule has 60 valence electrons. The number of nitrogens with zero attached hydrogens (tertiary/aromatic N) is 2. The maximum Gasteiger partial charge on any atom is 0.137 e. The molecule has 0 aliphatic carbocycles. The van der Waals surface area contributed by atoms with Gasteiger partial charge in [0.25, 0.3) is 0 Å². The maximum atomic E-state index is 5.39. The fourth-order valence-corrected chi connectivity index (χ4v) is 1.02. The van der Waals surface area contributed by atoms with E-state index in [1.165, 1.54) is 6.33 Å². The molecule has 3 nitrogen and oxygen atoms in total. The van der Waals surface area contributed by atoms with E-state index < -0.39 is 0 Å². The number of hydrogen-bond acceptors (Lipinski definition) is 3. The molecule has 0 aromatic carbocycles. The van der Waals surface area contributed by atoms with Crippen molar-refractivity contribution >= 4 is 0 Å². The molecule has 0 spiro atoms. The van der Waals surface area contributed by atoms with Crippen LogP contribution in [0.3, 0.4) is 0 Å². The van der Waals surface area contributed by atoms with E-state index in [0.29, 0.717) is 0 Å². The molecule has 2 heterocycles. The van der Waals surface area contributed by atoms with Gasteiger partial charge in [0.15, 0.2) is 0 Å². The summed E-state index contributed by atoms with van der Waals surface area (Å²) < 4.78 is 5.39. The predicted molar refractivity (Wildman–Crippen MR) is 44.5 cm³/mol. The van der Waals surface area contributed by atoms with Crippen LogP contribution in [0.5, 0.6) is 0 Å². The zero-order valence-electron chi connectivity index (χ0n) is 6.69. The highest BCUT2D eigenvalue weighted by Gasteiger charge is 2.00. The fraction of sp³-hybridized carbons (Fsp3) is 0.111. The highest BCUT2D eigenvalue weighted by atomic mass is 16.3. The van der Waals surface area contributed by atoms with E-state index in [1.807, 2.05) is 19.1 Å². The summed E-state index contributed by atoms with van der Waals surface area (Å²) in [5.41, 5.74) is 0.908. The normalized spacial score (nSPS) is 10.1. The number of hydrogen-bond donors (Lipinski definition) is 0. The SMILES string of the molecule is Cc1ccc(-c2cncnc2)o1. The van der Waals surface area contributed by atoms with Crippen LogP contribution in [-0.2, 0) is 0 Å². The second-order valence-corrected chi connectivity index (χ2v) is 2.54. The quantitative estimate of drug-likeness (QED) is 0.640. The summed E-state index contributed by atoms with van der Waals surface area (Å²) in [5, 5.41) is 0. The van der Waals surface area contributed by atoms with Crippen molar-refractivity contribution in [1.82, 2.24) is 9.97 Å².